The fourth-order valence-corrected chi connectivity index (χ4v) is 3.71. The van der Waals surface area contributed by atoms with Crippen LogP contribution in [0.4, 0.5) is 0 Å². The van der Waals surface area contributed by atoms with Crippen LogP contribution in [-0.4, -0.2) is 50.3 Å². The van der Waals surface area contributed by atoms with Crippen molar-refractivity contribution in [3.8, 4) is 0 Å². The zero-order valence-corrected chi connectivity index (χ0v) is 14.6. The fourth-order valence-electron chi connectivity index (χ4n) is 3.50. The van der Waals surface area contributed by atoms with Gasteiger partial charge in [0.05, 0.1) is 6.61 Å². The van der Waals surface area contributed by atoms with Gasteiger partial charge in [0.15, 0.2) is 5.96 Å². The summed E-state index contributed by atoms with van der Waals surface area (Å²) < 4.78 is 5.62. The Morgan fingerprint density at radius 3 is 3.09 bits per heavy atom. The van der Waals surface area contributed by atoms with Crippen molar-refractivity contribution in [3.63, 3.8) is 0 Å². The van der Waals surface area contributed by atoms with E-state index in [2.05, 4.69) is 23.2 Å². The molecule has 0 aliphatic carbocycles. The van der Waals surface area contributed by atoms with Crippen molar-refractivity contribution < 1.29 is 4.74 Å². The van der Waals surface area contributed by atoms with Crippen molar-refractivity contribution in [2.75, 3.05) is 39.4 Å². The van der Waals surface area contributed by atoms with Crippen LogP contribution in [0, 0.1) is 5.41 Å². The van der Waals surface area contributed by atoms with Crippen LogP contribution in [0.25, 0.3) is 0 Å². The fraction of sp³-hybridized carbons (Fsp3) is 0.611. The number of nitrogens with one attached hydrogen (secondary N) is 1. The highest BCUT2D eigenvalue weighted by molar-refractivity contribution is 6.30. The lowest BCUT2D eigenvalue weighted by molar-refractivity contribution is 0.156. The van der Waals surface area contributed by atoms with Crippen LogP contribution in [0.3, 0.4) is 0 Å². The summed E-state index contributed by atoms with van der Waals surface area (Å²) in [5.74, 6) is 1.04. The number of rotatable bonds is 4. The molecule has 5 heteroatoms. The number of hydrogen-bond acceptors (Lipinski definition) is 2. The summed E-state index contributed by atoms with van der Waals surface area (Å²) in [5, 5.41) is 4.23. The minimum absolute atomic E-state index is 0.364. The second-order valence-corrected chi connectivity index (χ2v) is 7.03. The molecule has 1 aromatic rings. The van der Waals surface area contributed by atoms with Crippen LogP contribution in [0.2, 0.25) is 5.02 Å². The molecule has 3 rings (SSSR count). The summed E-state index contributed by atoms with van der Waals surface area (Å²) in [4.78, 5) is 7.22. The van der Waals surface area contributed by atoms with Crippen LogP contribution >= 0.6 is 11.6 Å². The molecule has 0 amide bonds. The average molecular weight is 336 g/mol. The third-order valence-corrected chi connectivity index (χ3v) is 5.04. The maximum Gasteiger partial charge on any atom is 0.193 e. The highest BCUT2D eigenvalue weighted by Gasteiger charge is 2.42. The Labute approximate surface area is 143 Å². The van der Waals surface area contributed by atoms with E-state index in [4.69, 9.17) is 21.3 Å². The van der Waals surface area contributed by atoms with E-state index >= 15 is 0 Å². The minimum Gasteiger partial charge on any atom is -0.381 e. The van der Waals surface area contributed by atoms with E-state index in [0.717, 1.165) is 56.8 Å². The number of nitrogens with zero attached hydrogens (tertiary/aromatic N) is 2. The number of ether oxygens (including phenoxy) is 1. The van der Waals surface area contributed by atoms with Crippen molar-refractivity contribution in [2.45, 2.75) is 26.2 Å². The Bertz CT molecular complexity index is 555. The molecule has 1 aromatic carbocycles. The van der Waals surface area contributed by atoms with E-state index < -0.39 is 0 Å². The lowest BCUT2D eigenvalue weighted by atomic mass is 9.87. The predicted molar refractivity (Wildman–Crippen MR) is 95.2 cm³/mol. The molecule has 23 heavy (non-hydrogen) atoms. The van der Waals surface area contributed by atoms with Crippen molar-refractivity contribution in [1.82, 2.24) is 10.2 Å². The van der Waals surface area contributed by atoms with Crippen molar-refractivity contribution in [3.05, 3.63) is 34.9 Å². The maximum atomic E-state index is 6.04. The van der Waals surface area contributed by atoms with E-state index in [0.29, 0.717) is 5.41 Å². The molecular weight excluding hydrogens is 310 g/mol. The number of hydrogen-bond donors (Lipinski definition) is 1. The van der Waals surface area contributed by atoms with Gasteiger partial charge in [-0.3, -0.25) is 4.99 Å². The van der Waals surface area contributed by atoms with Crippen LogP contribution in [0.5, 0.6) is 0 Å². The third kappa shape index (κ3) is 4.18. The number of likely N-dealkylation sites (tertiary alicyclic amines) is 1. The normalized spacial score (nSPS) is 24.6. The third-order valence-electron chi connectivity index (χ3n) is 4.81. The van der Waals surface area contributed by atoms with Crippen molar-refractivity contribution in [2.24, 2.45) is 10.4 Å². The summed E-state index contributed by atoms with van der Waals surface area (Å²) in [6.45, 7) is 7.76. The van der Waals surface area contributed by atoms with E-state index in [1.807, 2.05) is 18.2 Å². The van der Waals surface area contributed by atoms with Gasteiger partial charge >= 0.3 is 0 Å². The maximum absolute atomic E-state index is 6.04. The predicted octanol–water partition coefficient (Wildman–Crippen LogP) is 2.96. The molecule has 2 aliphatic rings. The van der Waals surface area contributed by atoms with Gasteiger partial charge in [0.1, 0.15) is 0 Å². The Balaban J connectivity index is 1.59. The summed E-state index contributed by atoms with van der Waals surface area (Å²) >= 11 is 6.04. The Morgan fingerprint density at radius 2 is 2.35 bits per heavy atom. The van der Waals surface area contributed by atoms with Gasteiger partial charge in [-0.05, 0) is 43.9 Å². The first kappa shape index (κ1) is 16.6. The number of guanidine groups is 1. The average Bonchev–Trinajstić information content (AvgIpc) is 3.17. The minimum atomic E-state index is 0.364. The first-order valence-corrected chi connectivity index (χ1v) is 8.94. The monoisotopic (exact) mass is 335 g/mol. The van der Waals surface area contributed by atoms with Gasteiger partial charge in [0, 0.05) is 43.2 Å². The summed E-state index contributed by atoms with van der Waals surface area (Å²) in [7, 11) is 0. The first-order valence-electron chi connectivity index (χ1n) is 8.56. The lowest BCUT2D eigenvalue weighted by Gasteiger charge is -2.25. The molecule has 2 fully saturated rings. The second kappa shape index (κ2) is 7.54. The van der Waals surface area contributed by atoms with Gasteiger partial charge in [-0.2, -0.15) is 0 Å². The summed E-state index contributed by atoms with van der Waals surface area (Å²) in [6, 6.07) is 8.03. The SMILES string of the molecule is CCNC(=NCCc1cccc(Cl)c1)N1CCC2(CCOC2)C1. The zero-order chi connectivity index (χ0) is 16.1. The zero-order valence-electron chi connectivity index (χ0n) is 13.9. The van der Waals surface area contributed by atoms with Crippen LogP contribution in [0.1, 0.15) is 25.3 Å². The molecule has 0 saturated carbocycles. The molecule has 126 valence electrons. The van der Waals surface area contributed by atoms with Crippen LogP contribution in [-0.2, 0) is 11.2 Å². The second-order valence-electron chi connectivity index (χ2n) is 6.59. The molecule has 0 bridgehead atoms. The standard InChI is InChI=1S/C18H26ClN3O/c1-2-20-17(21-9-6-15-4-3-5-16(19)12-15)22-10-7-18(13-22)8-11-23-14-18/h3-5,12H,2,6-11,13-14H2,1H3,(H,20,21). The first-order chi connectivity index (χ1) is 11.2. The number of aliphatic imine (C=N–C) groups is 1. The molecule has 4 nitrogen and oxygen atoms in total. The van der Waals surface area contributed by atoms with E-state index in [-0.39, 0.29) is 0 Å². The summed E-state index contributed by atoms with van der Waals surface area (Å²) in [5.41, 5.74) is 1.60. The van der Waals surface area contributed by atoms with Gasteiger partial charge in [0.25, 0.3) is 0 Å². The van der Waals surface area contributed by atoms with E-state index in [1.165, 1.54) is 18.4 Å². The Hall–Kier alpha value is -1.26. The molecule has 2 aliphatic heterocycles. The lowest BCUT2D eigenvalue weighted by Crippen LogP contribution is -2.41. The topological polar surface area (TPSA) is 36.9 Å². The highest BCUT2D eigenvalue weighted by atomic mass is 35.5. The van der Waals surface area contributed by atoms with Crippen LogP contribution in [0.15, 0.2) is 29.3 Å². The highest BCUT2D eigenvalue weighted by Crippen LogP contribution is 2.38. The number of benzene rings is 1. The molecule has 0 aromatic heterocycles. The molecule has 1 unspecified atom stereocenters. The molecule has 1 N–H and O–H groups in total. The molecule has 0 radical (unpaired) electrons. The summed E-state index contributed by atoms with van der Waals surface area (Å²) in [6.07, 6.45) is 3.31. The van der Waals surface area contributed by atoms with Gasteiger partial charge in [-0.25, -0.2) is 0 Å². The quantitative estimate of drug-likeness (QED) is 0.679. The van der Waals surface area contributed by atoms with Gasteiger partial charge in [-0.15, -0.1) is 0 Å². The molecule has 1 atom stereocenters. The van der Waals surface area contributed by atoms with E-state index in [1.54, 1.807) is 0 Å². The number of halogens is 1. The molecule has 2 saturated heterocycles. The molecule has 1 spiro atoms. The van der Waals surface area contributed by atoms with E-state index in [9.17, 15) is 0 Å². The van der Waals surface area contributed by atoms with Gasteiger partial charge in [-0.1, -0.05) is 23.7 Å². The van der Waals surface area contributed by atoms with Crippen molar-refractivity contribution >= 4 is 17.6 Å². The van der Waals surface area contributed by atoms with Gasteiger partial charge < -0.3 is 15.0 Å². The Kier molecular flexibility index (Phi) is 5.44. The molecular formula is C18H26ClN3O. The Morgan fingerprint density at radius 1 is 1.43 bits per heavy atom. The van der Waals surface area contributed by atoms with Crippen LogP contribution < -0.4 is 5.32 Å². The van der Waals surface area contributed by atoms with Crippen molar-refractivity contribution in [1.29, 1.82) is 0 Å². The van der Waals surface area contributed by atoms with Gasteiger partial charge in [0.2, 0.25) is 0 Å². The molecule has 2 heterocycles. The smallest absolute Gasteiger partial charge is 0.193 e. The largest absolute Gasteiger partial charge is 0.381 e.